The monoisotopic (exact) mass is 307 g/mol. The molecule has 1 N–H and O–H groups in total. The number of nitrogens with zero attached hydrogens (tertiary/aromatic N) is 2. The first kappa shape index (κ1) is 13.0. The summed E-state index contributed by atoms with van der Waals surface area (Å²) in [6.45, 7) is 2.73. The lowest BCUT2D eigenvalue weighted by Crippen LogP contribution is -2.06. The molecule has 0 fully saturated rings. The summed E-state index contributed by atoms with van der Waals surface area (Å²) in [5.41, 5.74) is 2.06. The second-order valence-electron chi connectivity index (χ2n) is 3.92. The lowest BCUT2D eigenvalue weighted by Gasteiger charge is -2.07. The van der Waals surface area contributed by atoms with E-state index in [2.05, 4.69) is 31.2 Å². The maximum atomic E-state index is 5.63. The van der Waals surface area contributed by atoms with Crippen LogP contribution in [0, 0.1) is 6.92 Å². The van der Waals surface area contributed by atoms with E-state index in [0.717, 1.165) is 27.9 Å². The summed E-state index contributed by atoms with van der Waals surface area (Å²) in [6.07, 6.45) is 3.51. The van der Waals surface area contributed by atoms with Gasteiger partial charge in [0.25, 0.3) is 0 Å². The molecule has 2 aromatic rings. The maximum absolute atomic E-state index is 5.63. The Morgan fingerprint density at radius 2 is 2.00 bits per heavy atom. The largest absolute Gasteiger partial charge is 0.424 e. The smallest absolute Gasteiger partial charge is 0.321 e. The van der Waals surface area contributed by atoms with E-state index in [1.54, 1.807) is 12.4 Å². The van der Waals surface area contributed by atoms with Crippen LogP contribution in [0.2, 0.25) is 0 Å². The number of ether oxygens (including phenoxy) is 1. The molecule has 0 aliphatic carbocycles. The number of benzene rings is 1. The predicted molar refractivity (Wildman–Crippen MR) is 73.7 cm³/mol. The van der Waals surface area contributed by atoms with Crippen LogP contribution in [0.25, 0.3) is 0 Å². The van der Waals surface area contributed by atoms with Crippen LogP contribution in [0.3, 0.4) is 0 Å². The summed E-state index contributed by atoms with van der Waals surface area (Å²) in [7, 11) is 1.88. The van der Waals surface area contributed by atoms with Crippen LogP contribution in [0.4, 0.5) is 0 Å². The Kier molecular flexibility index (Phi) is 4.28. The summed E-state index contributed by atoms with van der Waals surface area (Å²) in [6, 6.07) is 6.17. The fourth-order valence-corrected chi connectivity index (χ4v) is 1.99. The topological polar surface area (TPSA) is 47.0 Å². The highest BCUT2D eigenvalue weighted by Crippen LogP contribution is 2.25. The number of hydrogen-bond donors (Lipinski definition) is 1. The van der Waals surface area contributed by atoms with Crippen molar-refractivity contribution in [2.75, 3.05) is 7.05 Å². The average Bonchev–Trinajstić information content (AvgIpc) is 2.35. The lowest BCUT2D eigenvalue weighted by molar-refractivity contribution is 0.437. The minimum atomic E-state index is 0.361. The molecule has 0 radical (unpaired) electrons. The van der Waals surface area contributed by atoms with E-state index in [1.807, 2.05) is 32.2 Å². The highest BCUT2D eigenvalue weighted by molar-refractivity contribution is 9.10. The third-order valence-corrected chi connectivity index (χ3v) is 2.89. The SMILES string of the molecule is CNCc1cnc(Oc2ccc(Br)cc2C)nc1. The van der Waals surface area contributed by atoms with Crippen molar-refractivity contribution in [2.24, 2.45) is 0 Å². The first-order chi connectivity index (χ1) is 8.69. The van der Waals surface area contributed by atoms with Gasteiger partial charge in [-0.2, -0.15) is 0 Å². The molecule has 0 amide bonds. The van der Waals surface area contributed by atoms with Crippen molar-refractivity contribution in [1.29, 1.82) is 0 Å². The zero-order chi connectivity index (χ0) is 13.0. The highest BCUT2D eigenvalue weighted by atomic mass is 79.9. The van der Waals surface area contributed by atoms with Crippen molar-refractivity contribution in [3.05, 3.63) is 46.2 Å². The molecule has 0 saturated heterocycles. The van der Waals surface area contributed by atoms with Gasteiger partial charge >= 0.3 is 6.01 Å². The second-order valence-corrected chi connectivity index (χ2v) is 4.83. The van der Waals surface area contributed by atoms with E-state index in [-0.39, 0.29) is 0 Å². The minimum Gasteiger partial charge on any atom is -0.424 e. The molecule has 94 valence electrons. The third-order valence-electron chi connectivity index (χ3n) is 2.40. The summed E-state index contributed by atoms with van der Waals surface area (Å²) >= 11 is 3.41. The van der Waals surface area contributed by atoms with Crippen LogP contribution >= 0.6 is 15.9 Å². The van der Waals surface area contributed by atoms with Crippen LogP contribution in [0.1, 0.15) is 11.1 Å². The quantitative estimate of drug-likeness (QED) is 0.943. The molecule has 0 atom stereocenters. The average molecular weight is 308 g/mol. The van der Waals surface area contributed by atoms with Gasteiger partial charge < -0.3 is 10.1 Å². The van der Waals surface area contributed by atoms with E-state index in [1.165, 1.54) is 0 Å². The molecule has 0 unspecified atom stereocenters. The molecule has 5 heteroatoms. The number of rotatable bonds is 4. The minimum absolute atomic E-state index is 0.361. The van der Waals surface area contributed by atoms with Crippen LogP contribution in [0.15, 0.2) is 35.1 Å². The Hall–Kier alpha value is -1.46. The fraction of sp³-hybridized carbons (Fsp3) is 0.231. The van der Waals surface area contributed by atoms with E-state index >= 15 is 0 Å². The molecule has 0 bridgehead atoms. The molecule has 0 spiro atoms. The Balaban J connectivity index is 2.13. The van der Waals surface area contributed by atoms with E-state index in [0.29, 0.717) is 6.01 Å². The summed E-state index contributed by atoms with van der Waals surface area (Å²) in [5.74, 6) is 0.763. The fourth-order valence-electron chi connectivity index (χ4n) is 1.52. The first-order valence-corrected chi connectivity index (χ1v) is 6.38. The third kappa shape index (κ3) is 3.27. The van der Waals surface area contributed by atoms with Crippen molar-refractivity contribution in [3.8, 4) is 11.8 Å². The molecule has 4 nitrogen and oxygen atoms in total. The van der Waals surface area contributed by atoms with Crippen molar-refractivity contribution in [1.82, 2.24) is 15.3 Å². The van der Waals surface area contributed by atoms with Gasteiger partial charge in [-0.05, 0) is 37.7 Å². The van der Waals surface area contributed by atoms with E-state index < -0.39 is 0 Å². The zero-order valence-corrected chi connectivity index (χ0v) is 11.9. The van der Waals surface area contributed by atoms with Crippen molar-refractivity contribution in [2.45, 2.75) is 13.5 Å². The zero-order valence-electron chi connectivity index (χ0n) is 10.3. The normalized spacial score (nSPS) is 10.4. The van der Waals surface area contributed by atoms with Crippen molar-refractivity contribution < 1.29 is 4.74 Å². The summed E-state index contributed by atoms with van der Waals surface area (Å²) in [5, 5.41) is 3.04. The first-order valence-electron chi connectivity index (χ1n) is 5.58. The molecule has 0 saturated carbocycles. The molecule has 1 aromatic heterocycles. The Bertz CT molecular complexity index is 528. The lowest BCUT2D eigenvalue weighted by atomic mass is 10.2. The number of nitrogens with one attached hydrogen (secondary N) is 1. The van der Waals surface area contributed by atoms with Gasteiger partial charge in [-0.1, -0.05) is 15.9 Å². The predicted octanol–water partition coefficient (Wildman–Crippen LogP) is 3.06. The summed E-state index contributed by atoms with van der Waals surface area (Å²) < 4.78 is 6.66. The number of aromatic nitrogens is 2. The Morgan fingerprint density at radius 1 is 1.28 bits per heavy atom. The Morgan fingerprint density at radius 3 is 2.61 bits per heavy atom. The molecule has 1 heterocycles. The molecule has 0 aliphatic heterocycles. The second kappa shape index (κ2) is 5.93. The molecule has 18 heavy (non-hydrogen) atoms. The number of hydrogen-bond acceptors (Lipinski definition) is 4. The van der Waals surface area contributed by atoms with Crippen LogP contribution in [-0.2, 0) is 6.54 Å². The molecular weight excluding hydrogens is 294 g/mol. The molecule has 2 rings (SSSR count). The van der Waals surface area contributed by atoms with Gasteiger partial charge in [-0.25, -0.2) is 9.97 Å². The van der Waals surface area contributed by atoms with Gasteiger partial charge in [-0.15, -0.1) is 0 Å². The van der Waals surface area contributed by atoms with Gasteiger partial charge in [-0.3, -0.25) is 0 Å². The van der Waals surface area contributed by atoms with Gasteiger partial charge in [0.2, 0.25) is 0 Å². The van der Waals surface area contributed by atoms with E-state index in [9.17, 15) is 0 Å². The van der Waals surface area contributed by atoms with Crippen LogP contribution in [0.5, 0.6) is 11.8 Å². The standard InChI is InChI=1S/C13H14BrN3O/c1-9-5-11(14)3-4-12(9)18-13-16-7-10(6-15-2)8-17-13/h3-5,7-8,15H,6H2,1-2H3. The van der Waals surface area contributed by atoms with Crippen molar-refractivity contribution in [3.63, 3.8) is 0 Å². The van der Waals surface area contributed by atoms with Gasteiger partial charge in [0.15, 0.2) is 0 Å². The molecule has 1 aromatic carbocycles. The van der Waals surface area contributed by atoms with Crippen molar-refractivity contribution >= 4 is 15.9 Å². The molecule has 0 aliphatic rings. The number of aryl methyl sites for hydroxylation is 1. The van der Waals surface area contributed by atoms with E-state index in [4.69, 9.17) is 4.74 Å². The highest BCUT2D eigenvalue weighted by Gasteiger charge is 2.04. The molecular formula is C13H14BrN3O. The van der Waals surface area contributed by atoms with Crippen LogP contribution < -0.4 is 10.1 Å². The van der Waals surface area contributed by atoms with Gasteiger partial charge in [0, 0.05) is 29.0 Å². The van der Waals surface area contributed by atoms with Gasteiger partial charge in [0.05, 0.1) is 0 Å². The summed E-state index contributed by atoms with van der Waals surface area (Å²) in [4.78, 5) is 8.34. The number of halogens is 1. The maximum Gasteiger partial charge on any atom is 0.321 e. The van der Waals surface area contributed by atoms with Crippen LogP contribution in [-0.4, -0.2) is 17.0 Å². The van der Waals surface area contributed by atoms with Gasteiger partial charge in [0.1, 0.15) is 5.75 Å². The Labute approximate surface area is 115 Å².